The van der Waals surface area contributed by atoms with Gasteiger partial charge in [-0.25, -0.2) is 21.6 Å². The number of morpholine rings is 1. The van der Waals surface area contributed by atoms with Gasteiger partial charge in [-0.2, -0.15) is 4.31 Å². The molecule has 33 heavy (non-hydrogen) atoms. The summed E-state index contributed by atoms with van der Waals surface area (Å²) >= 11 is 0. The van der Waals surface area contributed by atoms with E-state index in [4.69, 9.17) is 4.74 Å². The molecule has 1 saturated heterocycles. The van der Waals surface area contributed by atoms with Gasteiger partial charge >= 0.3 is 0 Å². The van der Waals surface area contributed by atoms with Gasteiger partial charge in [-0.3, -0.25) is 0 Å². The Bertz CT molecular complexity index is 1000. The van der Waals surface area contributed by atoms with Crippen molar-refractivity contribution >= 4 is 25.7 Å². The van der Waals surface area contributed by atoms with E-state index >= 15 is 0 Å². The maximum atomic E-state index is 13.1. The molecule has 188 valence electrons. The van der Waals surface area contributed by atoms with Crippen LogP contribution in [-0.2, 0) is 24.8 Å². The summed E-state index contributed by atoms with van der Waals surface area (Å²) in [6, 6.07) is 6.96. The van der Waals surface area contributed by atoms with Crippen molar-refractivity contribution in [2.24, 2.45) is 5.92 Å². The number of rotatable bonds is 7. The highest BCUT2D eigenvalue weighted by molar-refractivity contribution is 7.90. The first-order valence-corrected chi connectivity index (χ1v) is 14.7. The summed E-state index contributed by atoms with van der Waals surface area (Å²) in [4.78, 5) is 0.286. The van der Waals surface area contributed by atoms with E-state index in [-0.39, 0.29) is 23.1 Å². The van der Waals surface area contributed by atoms with Crippen LogP contribution in [0, 0.1) is 5.92 Å². The quantitative estimate of drug-likeness (QED) is 0.595. The SMILES string of the molecule is CC1CN(S(=O)(=O)c2cccc(NCC3CCC(NS(=O)(=O)C(C)(C)C)CC3)c2)CC(C)O1. The molecule has 1 aromatic rings. The van der Waals surface area contributed by atoms with Gasteiger partial charge < -0.3 is 10.1 Å². The molecule has 2 N–H and O–H groups in total. The molecule has 3 rings (SSSR count). The van der Waals surface area contributed by atoms with Crippen LogP contribution in [0.2, 0.25) is 0 Å². The molecule has 1 aromatic carbocycles. The molecule has 10 heteroatoms. The van der Waals surface area contributed by atoms with Crippen LogP contribution in [0.1, 0.15) is 60.3 Å². The summed E-state index contributed by atoms with van der Waals surface area (Å²) in [5.74, 6) is 0.418. The lowest BCUT2D eigenvalue weighted by molar-refractivity contribution is -0.0440. The lowest BCUT2D eigenvalue weighted by atomic mass is 9.86. The molecule has 0 aromatic heterocycles. The second-order valence-electron chi connectivity index (χ2n) is 10.4. The molecule has 0 spiro atoms. The number of hydrogen-bond donors (Lipinski definition) is 2. The number of sulfonamides is 2. The fourth-order valence-corrected chi connectivity index (χ4v) is 7.05. The van der Waals surface area contributed by atoms with E-state index in [0.29, 0.717) is 19.0 Å². The van der Waals surface area contributed by atoms with Crippen LogP contribution in [-0.4, -0.2) is 63.8 Å². The monoisotopic (exact) mass is 501 g/mol. The Balaban J connectivity index is 1.55. The minimum Gasteiger partial charge on any atom is -0.385 e. The van der Waals surface area contributed by atoms with Crippen molar-refractivity contribution in [3.8, 4) is 0 Å². The van der Waals surface area contributed by atoms with E-state index in [9.17, 15) is 16.8 Å². The lowest BCUT2D eigenvalue weighted by Crippen LogP contribution is -2.48. The summed E-state index contributed by atoms with van der Waals surface area (Å²) in [7, 11) is -6.92. The Morgan fingerprint density at radius 3 is 2.18 bits per heavy atom. The van der Waals surface area contributed by atoms with Crippen LogP contribution in [0.25, 0.3) is 0 Å². The first-order chi connectivity index (χ1) is 15.3. The normalized spacial score (nSPS) is 27.9. The maximum Gasteiger partial charge on any atom is 0.243 e. The Kier molecular flexibility index (Phi) is 8.16. The highest BCUT2D eigenvalue weighted by Crippen LogP contribution is 2.28. The van der Waals surface area contributed by atoms with Crippen molar-refractivity contribution in [1.82, 2.24) is 9.03 Å². The predicted octanol–water partition coefficient (Wildman–Crippen LogP) is 3.17. The molecule has 2 fully saturated rings. The van der Waals surface area contributed by atoms with Crippen molar-refractivity contribution in [3.05, 3.63) is 24.3 Å². The van der Waals surface area contributed by atoms with Crippen molar-refractivity contribution in [3.63, 3.8) is 0 Å². The molecule has 2 unspecified atom stereocenters. The molecule has 1 saturated carbocycles. The van der Waals surface area contributed by atoms with E-state index in [0.717, 1.165) is 37.9 Å². The summed E-state index contributed by atoms with van der Waals surface area (Å²) in [5, 5.41) is 3.39. The van der Waals surface area contributed by atoms with Gasteiger partial charge in [0.15, 0.2) is 0 Å². The zero-order chi connectivity index (χ0) is 24.4. The summed E-state index contributed by atoms with van der Waals surface area (Å²) in [6.07, 6.45) is 3.20. The molecule has 1 aliphatic carbocycles. The Hall–Kier alpha value is -1.20. The summed E-state index contributed by atoms with van der Waals surface area (Å²) in [5.41, 5.74) is 0.779. The van der Waals surface area contributed by atoms with Gasteiger partial charge in [0.2, 0.25) is 20.0 Å². The van der Waals surface area contributed by atoms with E-state index in [1.807, 2.05) is 19.9 Å². The highest BCUT2D eigenvalue weighted by Gasteiger charge is 2.34. The second-order valence-corrected chi connectivity index (χ2v) is 14.8. The van der Waals surface area contributed by atoms with Crippen LogP contribution >= 0.6 is 0 Å². The number of nitrogens with one attached hydrogen (secondary N) is 2. The molecule has 1 aliphatic heterocycles. The third kappa shape index (κ3) is 6.69. The lowest BCUT2D eigenvalue weighted by Gasteiger charge is -2.34. The highest BCUT2D eigenvalue weighted by atomic mass is 32.2. The van der Waals surface area contributed by atoms with Crippen LogP contribution in [0.3, 0.4) is 0 Å². The number of nitrogens with zero attached hydrogens (tertiary/aromatic N) is 1. The standard InChI is InChI=1S/C23H39N3O5S2/c1-17-15-26(16-18(2)31-17)32(27,28)22-8-6-7-21(13-22)24-14-19-9-11-20(12-10-19)25-33(29,30)23(3,4)5/h6-8,13,17-20,24-25H,9-12,14-16H2,1-5H3. The van der Waals surface area contributed by atoms with Crippen molar-refractivity contribution in [1.29, 1.82) is 0 Å². The Morgan fingerprint density at radius 2 is 1.61 bits per heavy atom. The summed E-state index contributed by atoms with van der Waals surface area (Å²) in [6.45, 7) is 10.3. The van der Waals surface area contributed by atoms with Gasteiger partial charge in [0.25, 0.3) is 0 Å². The fraction of sp³-hybridized carbons (Fsp3) is 0.739. The number of benzene rings is 1. The van der Waals surface area contributed by atoms with Crippen LogP contribution in [0.4, 0.5) is 5.69 Å². The van der Waals surface area contributed by atoms with Gasteiger partial charge in [-0.05, 0) is 84.4 Å². The summed E-state index contributed by atoms with van der Waals surface area (Å²) < 4.78 is 60.3. The molecule has 0 radical (unpaired) electrons. The van der Waals surface area contributed by atoms with Gasteiger partial charge in [-0.15, -0.1) is 0 Å². The number of ether oxygens (including phenoxy) is 1. The maximum absolute atomic E-state index is 13.1. The average molecular weight is 502 g/mol. The molecular weight excluding hydrogens is 462 g/mol. The van der Waals surface area contributed by atoms with Crippen LogP contribution < -0.4 is 10.0 Å². The number of hydrogen-bond acceptors (Lipinski definition) is 6. The fourth-order valence-electron chi connectivity index (χ4n) is 4.39. The molecule has 1 heterocycles. The van der Waals surface area contributed by atoms with Crippen LogP contribution in [0.15, 0.2) is 29.2 Å². The first kappa shape index (κ1) is 26.4. The van der Waals surface area contributed by atoms with Crippen molar-refractivity contribution in [2.45, 2.75) is 88.2 Å². The molecular formula is C23H39N3O5S2. The van der Waals surface area contributed by atoms with E-state index in [1.165, 1.54) is 4.31 Å². The van der Waals surface area contributed by atoms with Gasteiger partial charge in [0, 0.05) is 31.4 Å². The Morgan fingerprint density at radius 1 is 1.00 bits per heavy atom. The molecule has 8 nitrogen and oxygen atoms in total. The van der Waals surface area contributed by atoms with E-state index in [2.05, 4.69) is 10.0 Å². The molecule has 0 bridgehead atoms. The van der Waals surface area contributed by atoms with Crippen molar-refractivity contribution in [2.75, 3.05) is 25.0 Å². The zero-order valence-electron chi connectivity index (χ0n) is 20.4. The Labute approximate surface area is 199 Å². The minimum absolute atomic E-state index is 0.0164. The average Bonchev–Trinajstić information content (AvgIpc) is 2.72. The predicted molar refractivity (Wildman–Crippen MR) is 131 cm³/mol. The minimum atomic E-state index is -3.58. The molecule has 2 aliphatic rings. The largest absolute Gasteiger partial charge is 0.385 e. The van der Waals surface area contributed by atoms with E-state index in [1.54, 1.807) is 39.0 Å². The van der Waals surface area contributed by atoms with Gasteiger partial charge in [-0.1, -0.05) is 6.07 Å². The second kappa shape index (κ2) is 10.2. The molecule has 0 amide bonds. The van der Waals surface area contributed by atoms with Crippen LogP contribution in [0.5, 0.6) is 0 Å². The zero-order valence-corrected chi connectivity index (χ0v) is 22.0. The third-order valence-electron chi connectivity index (χ3n) is 6.43. The van der Waals surface area contributed by atoms with Gasteiger partial charge in [0.1, 0.15) is 0 Å². The van der Waals surface area contributed by atoms with Gasteiger partial charge in [0.05, 0.1) is 21.9 Å². The topological polar surface area (TPSA) is 105 Å². The third-order valence-corrected chi connectivity index (χ3v) is 10.5. The molecule has 2 atom stereocenters. The first-order valence-electron chi connectivity index (χ1n) is 11.8. The van der Waals surface area contributed by atoms with E-state index < -0.39 is 24.8 Å². The smallest absolute Gasteiger partial charge is 0.243 e. The number of anilines is 1. The van der Waals surface area contributed by atoms with Crippen molar-refractivity contribution < 1.29 is 21.6 Å².